The van der Waals surface area contributed by atoms with Crippen molar-refractivity contribution in [3.63, 3.8) is 0 Å². The van der Waals surface area contributed by atoms with Crippen molar-refractivity contribution >= 4 is 28.4 Å². The largest absolute Gasteiger partial charge is 0.480 e. The summed E-state index contributed by atoms with van der Waals surface area (Å²) in [5.41, 5.74) is -0.669. The van der Waals surface area contributed by atoms with E-state index in [-0.39, 0.29) is 32.7 Å². The Morgan fingerprint density at radius 2 is 1.60 bits per heavy atom. The minimum absolute atomic E-state index is 0.00237. The van der Waals surface area contributed by atoms with Crippen LogP contribution in [0.25, 0.3) is 0 Å². The number of carbonyl (C=O) groups is 3. The standard InChI is InChI=1S/C17H28N4O8S/c1-17(2,3)29-16(26)18-6-8-19(9-7-18)30(27,28)20-10-11-4-5-12(13(20)14(22)23)21(11)15(24)25/h11-13H,4-10H2,1-3H3,(H,22,23)(H,24,25)/t11-,12+,13+/m1/s1. The Bertz CT molecular complexity index is 818. The molecular formula is C17H28N4O8S. The quantitative estimate of drug-likeness (QED) is 0.616. The number of ether oxygens (including phenoxy) is 1. The van der Waals surface area contributed by atoms with E-state index < -0.39 is 52.1 Å². The number of hydrogen-bond acceptors (Lipinski definition) is 6. The van der Waals surface area contributed by atoms with Gasteiger partial charge in [0.25, 0.3) is 10.2 Å². The molecule has 2 bridgehead atoms. The van der Waals surface area contributed by atoms with Crippen LogP contribution in [0.3, 0.4) is 0 Å². The average Bonchev–Trinajstić information content (AvgIpc) is 2.93. The van der Waals surface area contributed by atoms with Crippen molar-refractivity contribution in [1.82, 2.24) is 18.4 Å². The number of carboxylic acid groups (broad SMARTS) is 2. The van der Waals surface area contributed by atoms with E-state index >= 15 is 0 Å². The molecule has 0 aliphatic carbocycles. The second-order valence-electron chi connectivity index (χ2n) is 8.72. The van der Waals surface area contributed by atoms with Crippen LogP contribution in [0.4, 0.5) is 9.59 Å². The van der Waals surface area contributed by atoms with Gasteiger partial charge in [-0.05, 0) is 33.6 Å². The lowest BCUT2D eigenvalue weighted by Gasteiger charge is -2.45. The average molecular weight is 448 g/mol. The minimum Gasteiger partial charge on any atom is -0.480 e. The van der Waals surface area contributed by atoms with Gasteiger partial charge in [-0.3, -0.25) is 9.69 Å². The number of hydrogen-bond donors (Lipinski definition) is 2. The first kappa shape index (κ1) is 22.6. The van der Waals surface area contributed by atoms with Crippen molar-refractivity contribution < 1.29 is 37.8 Å². The summed E-state index contributed by atoms with van der Waals surface area (Å²) in [6.07, 6.45) is -1.06. The van der Waals surface area contributed by atoms with Gasteiger partial charge in [0.2, 0.25) is 0 Å². The molecule has 13 heteroatoms. The Hall–Kier alpha value is -2.12. The van der Waals surface area contributed by atoms with E-state index in [1.165, 1.54) is 4.90 Å². The van der Waals surface area contributed by atoms with Crippen molar-refractivity contribution in [2.45, 2.75) is 57.3 Å². The fourth-order valence-corrected chi connectivity index (χ4v) is 6.11. The Morgan fingerprint density at radius 1 is 1.00 bits per heavy atom. The van der Waals surface area contributed by atoms with Gasteiger partial charge in [-0.1, -0.05) is 0 Å². The fourth-order valence-electron chi connectivity index (χ4n) is 4.31. The van der Waals surface area contributed by atoms with Gasteiger partial charge >= 0.3 is 18.2 Å². The molecule has 3 fully saturated rings. The number of rotatable bonds is 3. The summed E-state index contributed by atoms with van der Waals surface area (Å²) >= 11 is 0. The number of nitrogens with zero attached hydrogens (tertiary/aromatic N) is 4. The zero-order valence-electron chi connectivity index (χ0n) is 17.2. The first-order valence-corrected chi connectivity index (χ1v) is 11.2. The third kappa shape index (κ3) is 4.18. The van der Waals surface area contributed by atoms with Gasteiger partial charge < -0.3 is 19.8 Å². The SMILES string of the molecule is CC(C)(C)OC(=O)N1CCN(S(=O)(=O)N2C[C@H]3CC[C@@H]([C@H]2C(=O)O)N3C(=O)O)CC1. The molecule has 3 aliphatic rings. The molecule has 2 N–H and O–H groups in total. The lowest BCUT2D eigenvalue weighted by molar-refractivity contribution is -0.145. The molecule has 0 saturated carbocycles. The predicted octanol–water partition coefficient (Wildman–Crippen LogP) is 0.0637. The first-order chi connectivity index (χ1) is 13.8. The van der Waals surface area contributed by atoms with Crippen molar-refractivity contribution in [1.29, 1.82) is 0 Å². The van der Waals surface area contributed by atoms with Crippen LogP contribution >= 0.6 is 0 Å². The van der Waals surface area contributed by atoms with Crippen LogP contribution in [-0.2, 0) is 19.7 Å². The molecule has 170 valence electrons. The van der Waals surface area contributed by atoms with E-state index in [0.717, 1.165) is 13.5 Å². The molecule has 0 spiro atoms. The van der Waals surface area contributed by atoms with Crippen LogP contribution in [0.15, 0.2) is 0 Å². The van der Waals surface area contributed by atoms with Crippen LogP contribution in [-0.4, -0.2) is 112 Å². The van der Waals surface area contributed by atoms with Gasteiger partial charge in [0, 0.05) is 38.8 Å². The van der Waals surface area contributed by atoms with Crippen LogP contribution in [0.1, 0.15) is 33.6 Å². The molecule has 30 heavy (non-hydrogen) atoms. The summed E-state index contributed by atoms with van der Waals surface area (Å²) in [6, 6.07) is -2.97. The molecule has 0 aromatic heterocycles. The number of carboxylic acids is 1. The van der Waals surface area contributed by atoms with Crippen molar-refractivity contribution in [3.8, 4) is 0 Å². The van der Waals surface area contributed by atoms with Gasteiger partial charge in [0.1, 0.15) is 11.6 Å². The Kier molecular flexibility index (Phi) is 5.91. The van der Waals surface area contributed by atoms with Crippen LogP contribution in [0, 0.1) is 0 Å². The monoisotopic (exact) mass is 448 g/mol. The van der Waals surface area contributed by atoms with Crippen LogP contribution < -0.4 is 0 Å². The van der Waals surface area contributed by atoms with E-state index in [1.807, 2.05) is 0 Å². The number of piperazine rings is 2. The highest BCUT2D eigenvalue weighted by atomic mass is 32.2. The van der Waals surface area contributed by atoms with Crippen molar-refractivity contribution in [2.24, 2.45) is 0 Å². The molecule has 3 heterocycles. The molecule has 12 nitrogen and oxygen atoms in total. The molecule has 3 saturated heterocycles. The van der Waals surface area contributed by atoms with Gasteiger partial charge in [-0.25, -0.2) is 9.59 Å². The van der Waals surface area contributed by atoms with E-state index in [4.69, 9.17) is 4.74 Å². The molecule has 3 rings (SSSR count). The van der Waals surface area contributed by atoms with E-state index in [2.05, 4.69) is 0 Å². The maximum Gasteiger partial charge on any atom is 0.410 e. The number of amides is 2. The van der Waals surface area contributed by atoms with Crippen molar-refractivity contribution in [2.75, 3.05) is 32.7 Å². The van der Waals surface area contributed by atoms with Gasteiger partial charge in [0.15, 0.2) is 0 Å². The van der Waals surface area contributed by atoms with Crippen LogP contribution in [0.5, 0.6) is 0 Å². The number of carbonyl (C=O) groups excluding carboxylic acids is 1. The molecular weight excluding hydrogens is 420 g/mol. The molecule has 3 atom stereocenters. The highest BCUT2D eigenvalue weighted by molar-refractivity contribution is 7.86. The van der Waals surface area contributed by atoms with Gasteiger partial charge in [-0.15, -0.1) is 0 Å². The second kappa shape index (κ2) is 7.85. The summed E-state index contributed by atoms with van der Waals surface area (Å²) in [7, 11) is -4.15. The third-order valence-electron chi connectivity index (χ3n) is 5.60. The number of fused-ring (bicyclic) bond motifs is 2. The summed E-state index contributed by atoms with van der Waals surface area (Å²) in [4.78, 5) is 38.1. The van der Waals surface area contributed by atoms with E-state index in [1.54, 1.807) is 20.8 Å². The minimum atomic E-state index is -4.15. The zero-order chi connectivity index (χ0) is 22.4. The zero-order valence-corrected chi connectivity index (χ0v) is 18.0. The second-order valence-corrected chi connectivity index (χ2v) is 10.6. The Labute approximate surface area is 175 Å². The smallest absolute Gasteiger partial charge is 0.410 e. The lowest BCUT2D eigenvalue weighted by atomic mass is 10.1. The molecule has 0 radical (unpaired) electrons. The topological polar surface area (TPSA) is 148 Å². The normalized spacial score (nSPS) is 28.4. The highest BCUT2D eigenvalue weighted by Gasteiger charge is 2.55. The van der Waals surface area contributed by atoms with E-state index in [0.29, 0.717) is 12.8 Å². The summed E-state index contributed by atoms with van der Waals surface area (Å²) in [5.74, 6) is -1.37. The first-order valence-electron chi connectivity index (χ1n) is 9.82. The molecule has 0 aromatic rings. The van der Waals surface area contributed by atoms with E-state index in [9.17, 15) is 33.0 Å². The van der Waals surface area contributed by atoms with Gasteiger partial charge in [0.05, 0.1) is 6.04 Å². The summed E-state index contributed by atoms with van der Waals surface area (Å²) in [6.45, 7) is 5.26. The van der Waals surface area contributed by atoms with Gasteiger partial charge in [-0.2, -0.15) is 17.0 Å². The molecule has 0 unspecified atom stereocenters. The summed E-state index contributed by atoms with van der Waals surface area (Å²) in [5, 5.41) is 19.1. The molecule has 3 aliphatic heterocycles. The van der Waals surface area contributed by atoms with Crippen molar-refractivity contribution in [3.05, 3.63) is 0 Å². The fraction of sp³-hybridized carbons (Fsp3) is 0.824. The predicted molar refractivity (Wildman–Crippen MR) is 103 cm³/mol. The summed E-state index contributed by atoms with van der Waals surface area (Å²) < 4.78 is 33.9. The molecule has 0 aromatic carbocycles. The molecule has 2 amide bonds. The maximum atomic E-state index is 13.2. The third-order valence-corrected chi connectivity index (χ3v) is 7.59. The number of aliphatic carboxylic acids is 1. The Balaban J connectivity index is 1.74. The maximum absolute atomic E-state index is 13.2. The highest BCUT2D eigenvalue weighted by Crippen LogP contribution is 2.36. The Morgan fingerprint density at radius 3 is 2.10 bits per heavy atom. The van der Waals surface area contributed by atoms with Crippen LogP contribution in [0.2, 0.25) is 0 Å². The lowest BCUT2D eigenvalue weighted by Crippen LogP contribution is -2.67.